The van der Waals surface area contributed by atoms with Crippen LogP contribution in [0.25, 0.3) is 10.8 Å². The second-order valence-electron chi connectivity index (χ2n) is 7.00. The van der Waals surface area contributed by atoms with Gasteiger partial charge in [-0.1, -0.05) is 24.3 Å². The van der Waals surface area contributed by atoms with Gasteiger partial charge in [-0.3, -0.25) is 0 Å². The lowest BCUT2D eigenvalue weighted by Crippen LogP contribution is -2.21. The van der Waals surface area contributed by atoms with E-state index < -0.39 is 11.9 Å². The summed E-state index contributed by atoms with van der Waals surface area (Å²) in [5, 5.41) is 21.4. The molecule has 0 spiro atoms. The van der Waals surface area contributed by atoms with Crippen LogP contribution in [0.3, 0.4) is 0 Å². The Labute approximate surface area is 178 Å². The number of carbonyl (C=O) groups is 1. The first-order valence-electron chi connectivity index (χ1n) is 9.66. The maximum atomic E-state index is 12.1. The van der Waals surface area contributed by atoms with Gasteiger partial charge in [0.15, 0.2) is 0 Å². The molecule has 1 aliphatic heterocycles. The van der Waals surface area contributed by atoms with Crippen molar-refractivity contribution in [3.05, 3.63) is 76.7 Å². The van der Waals surface area contributed by atoms with Gasteiger partial charge in [0.2, 0.25) is 5.88 Å². The van der Waals surface area contributed by atoms with Crippen molar-refractivity contribution in [2.45, 2.75) is 12.8 Å². The van der Waals surface area contributed by atoms with Crippen LogP contribution in [0.15, 0.2) is 60.0 Å². The number of aromatic hydroxyl groups is 1. The van der Waals surface area contributed by atoms with Crippen LogP contribution in [0.4, 0.5) is 0 Å². The minimum Gasteiger partial charge on any atom is -0.507 e. The quantitative estimate of drug-likeness (QED) is 0.619. The maximum absolute atomic E-state index is 12.1. The molecule has 0 saturated carbocycles. The van der Waals surface area contributed by atoms with Crippen LogP contribution in [0.5, 0.6) is 17.2 Å². The normalized spacial score (nSPS) is 15.1. The van der Waals surface area contributed by atoms with Crippen molar-refractivity contribution in [2.24, 2.45) is 5.73 Å². The van der Waals surface area contributed by atoms with E-state index in [-0.39, 0.29) is 29.4 Å². The highest BCUT2D eigenvalue weighted by Gasteiger charge is 2.32. The molecule has 1 heterocycles. The van der Waals surface area contributed by atoms with E-state index in [4.69, 9.17) is 19.9 Å². The highest BCUT2D eigenvalue weighted by molar-refractivity contribution is 6.01. The summed E-state index contributed by atoms with van der Waals surface area (Å²) >= 11 is 0. The summed E-state index contributed by atoms with van der Waals surface area (Å²) in [5.41, 5.74) is 8.00. The zero-order valence-corrected chi connectivity index (χ0v) is 17.0. The SMILES string of the molecule is CCOC(=O)c1cc2ccc3c(c2cc1O)OC(N)=C(C#N)C3c1cccc(OC)c1. The van der Waals surface area contributed by atoms with Crippen molar-refractivity contribution in [3.8, 4) is 23.3 Å². The predicted octanol–water partition coefficient (Wildman–Crippen LogP) is 3.95. The van der Waals surface area contributed by atoms with E-state index in [1.165, 1.54) is 6.07 Å². The number of rotatable bonds is 4. The van der Waals surface area contributed by atoms with Gasteiger partial charge in [-0.05, 0) is 42.1 Å². The number of allylic oxidation sites excluding steroid dienone is 1. The summed E-state index contributed by atoms with van der Waals surface area (Å²) in [7, 11) is 1.57. The van der Waals surface area contributed by atoms with Crippen LogP contribution in [0.2, 0.25) is 0 Å². The number of nitrogens with two attached hydrogens (primary N) is 1. The van der Waals surface area contributed by atoms with Crippen molar-refractivity contribution in [2.75, 3.05) is 13.7 Å². The number of benzene rings is 3. The monoisotopic (exact) mass is 416 g/mol. The highest BCUT2D eigenvalue weighted by Crippen LogP contribution is 2.46. The predicted molar refractivity (Wildman–Crippen MR) is 114 cm³/mol. The number of methoxy groups -OCH3 is 1. The summed E-state index contributed by atoms with van der Waals surface area (Å²) in [5.74, 6) is -0.244. The van der Waals surface area contributed by atoms with Crippen LogP contribution in [0, 0.1) is 11.3 Å². The second-order valence-corrected chi connectivity index (χ2v) is 7.00. The Morgan fingerprint density at radius 2 is 2.06 bits per heavy atom. The molecule has 0 fully saturated rings. The molecule has 3 aromatic carbocycles. The Hall–Kier alpha value is -4.18. The Balaban J connectivity index is 1.93. The maximum Gasteiger partial charge on any atom is 0.341 e. The van der Waals surface area contributed by atoms with Gasteiger partial charge >= 0.3 is 5.97 Å². The molecule has 7 heteroatoms. The average molecular weight is 416 g/mol. The average Bonchev–Trinajstić information content (AvgIpc) is 2.78. The van der Waals surface area contributed by atoms with E-state index >= 15 is 0 Å². The molecule has 4 rings (SSSR count). The molecule has 1 aliphatic rings. The van der Waals surface area contributed by atoms with Gasteiger partial charge in [-0.25, -0.2) is 4.79 Å². The van der Waals surface area contributed by atoms with Gasteiger partial charge in [0.05, 0.1) is 19.6 Å². The molecule has 31 heavy (non-hydrogen) atoms. The smallest absolute Gasteiger partial charge is 0.341 e. The van der Waals surface area contributed by atoms with Gasteiger partial charge in [0.25, 0.3) is 0 Å². The summed E-state index contributed by atoms with van der Waals surface area (Å²) in [6.45, 7) is 1.89. The van der Waals surface area contributed by atoms with E-state index in [1.807, 2.05) is 36.4 Å². The summed E-state index contributed by atoms with van der Waals surface area (Å²) in [4.78, 5) is 12.1. The van der Waals surface area contributed by atoms with Gasteiger partial charge in [-0.2, -0.15) is 5.26 Å². The van der Waals surface area contributed by atoms with Crippen molar-refractivity contribution in [1.29, 1.82) is 5.26 Å². The first-order chi connectivity index (χ1) is 15.0. The third-order valence-electron chi connectivity index (χ3n) is 5.24. The number of carbonyl (C=O) groups excluding carboxylic acids is 1. The second kappa shape index (κ2) is 7.92. The third kappa shape index (κ3) is 3.38. The number of fused-ring (bicyclic) bond motifs is 3. The summed E-state index contributed by atoms with van der Waals surface area (Å²) in [6, 6.07) is 16.2. The van der Waals surface area contributed by atoms with E-state index in [2.05, 4.69) is 6.07 Å². The summed E-state index contributed by atoms with van der Waals surface area (Å²) < 4.78 is 16.2. The molecule has 1 unspecified atom stereocenters. The van der Waals surface area contributed by atoms with Gasteiger partial charge < -0.3 is 25.1 Å². The topological polar surface area (TPSA) is 115 Å². The van der Waals surface area contributed by atoms with Crippen molar-refractivity contribution < 1.29 is 24.1 Å². The molecule has 156 valence electrons. The fraction of sp³-hybridized carbons (Fsp3) is 0.167. The first-order valence-corrected chi connectivity index (χ1v) is 9.66. The van der Waals surface area contributed by atoms with Crippen molar-refractivity contribution in [1.82, 2.24) is 0 Å². The lowest BCUT2D eigenvalue weighted by Gasteiger charge is -2.27. The number of nitriles is 1. The molecule has 3 aromatic rings. The number of hydrogen-bond acceptors (Lipinski definition) is 7. The minimum absolute atomic E-state index is 0.00993. The first kappa shape index (κ1) is 20.1. The molecular weight excluding hydrogens is 396 g/mol. The van der Waals surface area contributed by atoms with Crippen LogP contribution in [-0.4, -0.2) is 24.8 Å². The molecule has 0 bridgehead atoms. The van der Waals surface area contributed by atoms with Gasteiger partial charge in [-0.15, -0.1) is 0 Å². The van der Waals surface area contributed by atoms with Crippen molar-refractivity contribution >= 4 is 16.7 Å². The van der Waals surface area contributed by atoms with Crippen LogP contribution >= 0.6 is 0 Å². The van der Waals surface area contributed by atoms with E-state index in [0.29, 0.717) is 22.3 Å². The highest BCUT2D eigenvalue weighted by atomic mass is 16.5. The molecule has 0 aromatic heterocycles. The number of phenols is 1. The van der Waals surface area contributed by atoms with Crippen LogP contribution in [0.1, 0.15) is 34.3 Å². The number of hydrogen-bond donors (Lipinski definition) is 2. The van der Waals surface area contributed by atoms with Gasteiger partial charge in [0, 0.05) is 10.9 Å². The molecule has 1 atom stereocenters. The number of nitrogens with zero attached hydrogens (tertiary/aromatic N) is 1. The number of phenolic OH excluding ortho intramolecular Hbond substituents is 1. The zero-order chi connectivity index (χ0) is 22.1. The number of esters is 1. The van der Waals surface area contributed by atoms with E-state index in [1.54, 1.807) is 20.1 Å². The largest absolute Gasteiger partial charge is 0.507 e. The summed E-state index contributed by atoms with van der Waals surface area (Å²) in [6.07, 6.45) is 0. The van der Waals surface area contributed by atoms with Crippen molar-refractivity contribution in [3.63, 3.8) is 0 Å². The Kier molecular flexibility index (Phi) is 5.14. The molecule has 7 nitrogen and oxygen atoms in total. The van der Waals surface area contributed by atoms with E-state index in [0.717, 1.165) is 11.1 Å². The molecule has 0 radical (unpaired) electrons. The van der Waals surface area contributed by atoms with Gasteiger partial charge in [0.1, 0.15) is 34.5 Å². The lowest BCUT2D eigenvalue weighted by atomic mass is 9.82. The lowest BCUT2D eigenvalue weighted by molar-refractivity contribution is 0.0523. The van der Waals surface area contributed by atoms with Crippen LogP contribution in [-0.2, 0) is 4.74 Å². The third-order valence-corrected chi connectivity index (χ3v) is 5.24. The molecule has 0 amide bonds. The zero-order valence-electron chi connectivity index (χ0n) is 17.0. The van der Waals surface area contributed by atoms with Crippen LogP contribution < -0.4 is 15.2 Å². The van der Waals surface area contributed by atoms with E-state index in [9.17, 15) is 15.2 Å². The number of ether oxygens (including phenoxy) is 3. The molecular formula is C24H20N2O5. The fourth-order valence-electron chi connectivity index (χ4n) is 3.81. The standard InChI is InChI=1S/C24H20N2O5/c1-3-30-24(28)18-10-13-7-8-16-21(14-5-4-6-15(9-14)29-2)19(12-25)23(26)31-22(16)17(13)11-20(18)27/h4-11,21,27H,3,26H2,1-2H3. The molecule has 0 aliphatic carbocycles. The minimum atomic E-state index is -0.610. The Morgan fingerprint density at radius 1 is 1.26 bits per heavy atom. The fourth-order valence-corrected chi connectivity index (χ4v) is 3.81. The Morgan fingerprint density at radius 3 is 2.77 bits per heavy atom. The molecule has 3 N–H and O–H groups in total. The molecule has 0 saturated heterocycles. The Bertz CT molecular complexity index is 1270.